The number of anilines is 1. The molecule has 4 heteroatoms. The lowest BCUT2D eigenvalue weighted by Gasteiger charge is -2.21. The van der Waals surface area contributed by atoms with E-state index in [1.807, 2.05) is 18.2 Å². The number of aliphatic hydroxyl groups is 1. The summed E-state index contributed by atoms with van der Waals surface area (Å²) in [7, 11) is 0. The maximum atomic E-state index is 11.7. The van der Waals surface area contributed by atoms with E-state index < -0.39 is 0 Å². The molecule has 2 aromatic rings. The van der Waals surface area contributed by atoms with E-state index in [9.17, 15) is 4.79 Å². The summed E-state index contributed by atoms with van der Waals surface area (Å²) in [5, 5.41) is 10.0. The normalized spacial score (nSPS) is 10.8. The second kappa shape index (κ2) is 5.23. The third-order valence-corrected chi connectivity index (χ3v) is 3.21. The van der Waals surface area contributed by atoms with Crippen LogP contribution in [0.25, 0.3) is 10.9 Å². The van der Waals surface area contributed by atoms with E-state index in [2.05, 4.69) is 23.7 Å². The second-order valence-corrected chi connectivity index (χ2v) is 4.23. The molecular weight excluding hydrogens is 228 g/mol. The molecule has 0 radical (unpaired) electrons. The Hall–Kier alpha value is -1.81. The number of aromatic amines is 1. The lowest BCUT2D eigenvalue weighted by Crippen LogP contribution is -2.21. The number of aromatic nitrogens is 1. The van der Waals surface area contributed by atoms with Crippen LogP contribution in [0.15, 0.2) is 29.1 Å². The van der Waals surface area contributed by atoms with Crippen LogP contribution < -0.4 is 10.5 Å². The SMILES string of the molecule is CCN(CC)c1ccc2cc(CO)c(=O)[nH]c2c1. The summed E-state index contributed by atoms with van der Waals surface area (Å²) in [6, 6.07) is 7.72. The summed E-state index contributed by atoms with van der Waals surface area (Å²) in [5.74, 6) is 0. The predicted molar refractivity (Wildman–Crippen MR) is 74.1 cm³/mol. The van der Waals surface area contributed by atoms with Gasteiger partial charge in [0.15, 0.2) is 0 Å². The molecule has 0 saturated heterocycles. The van der Waals surface area contributed by atoms with Crippen LogP contribution >= 0.6 is 0 Å². The number of pyridine rings is 1. The Kier molecular flexibility index (Phi) is 3.67. The van der Waals surface area contributed by atoms with Gasteiger partial charge in [-0.1, -0.05) is 6.07 Å². The van der Waals surface area contributed by atoms with Crippen molar-refractivity contribution in [1.82, 2.24) is 4.98 Å². The Morgan fingerprint density at radius 3 is 2.56 bits per heavy atom. The van der Waals surface area contributed by atoms with Gasteiger partial charge in [0.05, 0.1) is 12.1 Å². The predicted octanol–water partition coefficient (Wildman–Crippen LogP) is 1.87. The summed E-state index contributed by atoms with van der Waals surface area (Å²) < 4.78 is 0. The zero-order valence-electron chi connectivity index (χ0n) is 10.7. The van der Waals surface area contributed by atoms with Crippen molar-refractivity contribution in [3.05, 3.63) is 40.2 Å². The Balaban J connectivity index is 2.55. The van der Waals surface area contributed by atoms with E-state index >= 15 is 0 Å². The standard InChI is InChI=1S/C14H18N2O2/c1-3-16(4-2)12-6-5-10-7-11(9-17)14(18)15-13(10)8-12/h5-8,17H,3-4,9H2,1-2H3,(H,15,18). The average molecular weight is 246 g/mol. The third-order valence-electron chi connectivity index (χ3n) is 3.21. The van der Waals surface area contributed by atoms with Gasteiger partial charge in [-0.25, -0.2) is 0 Å². The number of hydrogen-bond donors (Lipinski definition) is 2. The number of aliphatic hydroxyl groups excluding tert-OH is 1. The highest BCUT2D eigenvalue weighted by molar-refractivity contribution is 5.82. The van der Waals surface area contributed by atoms with E-state index in [1.165, 1.54) is 0 Å². The molecule has 0 aliphatic heterocycles. The fourth-order valence-electron chi connectivity index (χ4n) is 2.14. The number of H-pyrrole nitrogens is 1. The smallest absolute Gasteiger partial charge is 0.253 e. The topological polar surface area (TPSA) is 56.3 Å². The number of fused-ring (bicyclic) bond motifs is 1. The minimum atomic E-state index is -0.233. The minimum absolute atomic E-state index is 0.221. The van der Waals surface area contributed by atoms with Crippen LogP contribution in [-0.2, 0) is 6.61 Å². The van der Waals surface area contributed by atoms with Crippen molar-refractivity contribution in [3.63, 3.8) is 0 Å². The van der Waals surface area contributed by atoms with Crippen LogP contribution in [0.3, 0.4) is 0 Å². The number of nitrogens with zero attached hydrogens (tertiary/aromatic N) is 1. The fraction of sp³-hybridized carbons (Fsp3) is 0.357. The summed E-state index contributed by atoms with van der Waals surface area (Å²) in [6.45, 7) is 5.83. The first-order valence-electron chi connectivity index (χ1n) is 6.21. The van der Waals surface area contributed by atoms with Crippen LogP contribution in [-0.4, -0.2) is 23.2 Å². The Morgan fingerprint density at radius 1 is 1.22 bits per heavy atom. The van der Waals surface area contributed by atoms with E-state index in [1.54, 1.807) is 6.07 Å². The zero-order chi connectivity index (χ0) is 13.1. The van der Waals surface area contributed by atoms with E-state index in [0.29, 0.717) is 5.56 Å². The van der Waals surface area contributed by atoms with E-state index in [4.69, 9.17) is 5.11 Å². The molecule has 0 fully saturated rings. The van der Waals surface area contributed by atoms with Crippen molar-refractivity contribution < 1.29 is 5.11 Å². The minimum Gasteiger partial charge on any atom is -0.391 e. The van der Waals surface area contributed by atoms with Crippen LogP contribution in [0.2, 0.25) is 0 Å². The third kappa shape index (κ3) is 2.24. The zero-order valence-corrected chi connectivity index (χ0v) is 10.7. The van der Waals surface area contributed by atoms with Gasteiger partial charge < -0.3 is 15.0 Å². The molecule has 96 valence electrons. The highest BCUT2D eigenvalue weighted by Gasteiger charge is 2.05. The Bertz CT molecular complexity index is 600. The molecule has 0 aliphatic carbocycles. The molecule has 0 spiro atoms. The number of benzene rings is 1. The molecule has 4 nitrogen and oxygen atoms in total. The lowest BCUT2D eigenvalue weighted by molar-refractivity contribution is 0.280. The van der Waals surface area contributed by atoms with Gasteiger partial charge in [0, 0.05) is 24.3 Å². The van der Waals surface area contributed by atoms with Gasteiger partial charge in [0.2, 0.25) is 0 Å². The molecular formula is C14H18N2O2. The van der Waals surface area contributed by atoms with Crippen LogP contribution in [0.1, 0.15) is 19.4 Å². The molecule has 0 amide bonds. The maximum absolute atomic E-state index is 11.7. The van der Waals surface area contributed by atoms with Gasteiger partial charge in [-0.3, -0.25) is 4.79 Å². The molecule has 2 rings (SSSR count). The molecule has 18 heavy (non-hydrogen) atoms. The quantitative estimate of drug-likeness (QED) is 0.866. The average Bonchev–Trinajstić information content (AvgIpc) is 2.39. The first kappa shape index (κ1) is 12.6. The van der Waals surface area contributed by atoms with Gasteiger partial charge in [-0.05, 0) is 37.4 Å². The maximum Gasteiger partial charge on any atom is 0.253 e. The van der Waals surface area contributed by atoms with Crippen molar-refractivity contribution >= 4 is 16.6 Å². The van der Waals surface area contributed by atoms with Crippen molar-refractivity contribution in [2.24, 2.45) is 0 Å². The van der Waals surface area contributed by atoms with Gasteiger partial charge in [-0.15, -0.1) is 0 Å². The summed E-state index contributed by atoms with van der Waals surface area (Å²) >= 11 is 0. The van der Waals surface area contributed by atoms with Crippen LogP contribution in [0, 0.1) is 0 Å². The number of hydrogen-bond acceptors (Lipinski definition) is 3. The highest BCUT2D eigenvalue weighted by atomic mass is 16.3. The van der Waals surface area contributed by atoms with Gasteiger partial charge in [0.1, 0.15) is 0 Å². The largest absolute Gasteiger partial charge is 0.391 e. The van der Waals surface area contributed by atoms with Crippen molar-refractivity contribution in [3.8, 4) is 0 Å². The van der Waals surface area contributed by atoms with Crippen LogP contribution in [0.5, 0.6) is 0 Å². The fourth-order valence-corrected chi connectivity index (χ4v) is 2.14. The Labute approximate surface area is 106 Å². The van der Waals surface area contributed by atoms with Crippen LogP contribution in [0.4, 0.5) is 5.69 Å². The molecule has 2 N–H and O–H groups in total. The first-order valence-corrected chi connectivity index (χ1v) is 6.21. The number of rotatable bonds is 4. The van der Waals surface area contributed by atoms with Gasteiger partial charge >= 0.3 is 0 Å². The summed E-state index contributed by atoms with van der Waals surface area (Å²) in [4.78, 5) is 16.7. The molecule has 1 heterocycles. The molecule has 0 bridgehead atoms. The summed E-state index contributed by atoms with van der Waals surface area (Å²) in [5.41, 5.74) is 2.08. The molecule has 0 unspecified atom stereocenters. The van der Waals surface area contributed by atoms with Gasteiger partial charge in [0.25, 0.3) is 5.56 Å². The molecule has 0 saturated carbocycles. The number of nitrogens with one attached hydrogen (secondary N) is 1. The Morgan fingerprint density at radius 2 is 1.94 bits per heavy atom. The van der Waals surface area contributed by atoms with Crippen molar-refractivity contribution in [2.45, 2.75) is 20.5 Å². The molecule has 1 aromatic carbocycles. The monoisotopic (exact) mass is 246 g/mol. The van der Waals surface area contributed by atoms with Crippen molar-refractivity contribution in [1.29, 1.82) is 0 Å². The second-order valence-electron chi connectivity index (χ2n) is 4.23. The molecule has 1 aromatic heterocycles. The summed E-state index contributed by atoms with van der Waals surface area (Å²) in [6.07, 6.45) is 0. The van der Waals surface area contributed by atoms with E-state index in [-0.39, 0.29) is 12.2 Å². The first-order chi connectivity index (χ1) is 8.69. The molecule has 0 atom stereocenters. The van der Waals surface area contributed by atoms with Crippen molar-refractivity contribution in [2.75, 3.05) is 18.0 Å². The lowest BCUT2D eigenvalue weighted by atomic mass is 10.1. The highest BCUT2D eigenvalue weighted by Crippen LogP contribution is 2.20. The van der Waals surface area contributed by atoms with E-state index in [0.717, 1.165) is 29.7 Å². The molecule has 0 aliphatic rings. The van der Waals surface area contributed by atoms with Gasteiger partial charge in [-0.2, -0.15) is 0 Å².